The van der Waals surface area contributed by atoms with E-state index in [1.54, 1.807) is 6.07 Å². The standard InChI is InChI=1S/C17H26Cl2FN/c1-2-3-4-5-6-7-8-9-10-21-13-15-16(19)11-14(18)12-17(15)20/h11-12,21H,2-10,13H2,1H3. The molecule has 0 unspecified atom stereocenters. The lowest BCUT2D eigenvalue weighted by atomic mass is 10.1. The van der Waals surface area contributed by atoms with Gasteiger partial charge in [0.25, 0.3) is 0 Å². The molecule has 0 fully saturated rings. The van der Waals surface area contributed by atoms with Gasteiger partial charge >= 0.3 is 0 Å². The topological polar surface area (TPSA) is 12.0 Å². The highest BCUT2D eigenvalue weighted by atomic mass is 35.5. The number of halogens is 3. The zero-order chi connectivity index (χ0) is 15.5. The first-order valence-corrected chi connectivity index (χ1v) is 8.75. The molecule has 1 rings (SSSR count). The molecule has 0 aliphatic carbocycles. The maximum absolute atomic E-state index is 13.7. The van der Waals surface area contributed by atoms with Crippen molar-refractivity contribution in [3.63, 3.8) is 0 Å². The molecule has 0 amide bonds. The van der Waals surface area contributed by atoms with Crippen LogP contribution in [0.4, 0.5) is 4.39 Å². The summed E-state index contributed by atoms with van der Waals surface area (Å²) in [6.45, 7) is 3.59. The summed E-state index contributed by atoms with van der Waals surface area (Å²) in [6.07, 6.45) is 10.4. The van der Waals surface area contributed by atoms with Crippen molar-refractivity contribution in [1.29, 1.82) is 0 Å². The van der Waals surface area contributed by atoms with Gasteiger partial charge < -0.3 is 5.32 Å². The van der Waals surface area contributed by atoms with Crippen molar-refractivity contribution in [2.24, 2.45) is 0 Å². The van der Waals surface area contributed by atoms with Gasteiger partial charge in [-0.2, -0.15) is 0 Å². The summed E-state index contributed by atoms with van der Waals surface area (Å²) in [6, 6.07) is 2.89. The van der Waals surface area contributed by atoms with Crippen LogP contribution >= 0.6 is 23.2 Å². The summed E-state index contributed by atoms with van der Waals surface area (Å²) < 4.78 is 13.7. The van der Waals surface area contributed by atoms with Crippen molar-refractivity contribution >= 4 is 23.2 Å². The molecule has 0 radical (unpaired) electrons. The van der Waals surface area contributed by atoms with Crippen LogP contribution in [0.15, 0.2) is 12.1 Å². The molecule has 0 heterocycles. The minimum absolute atomic E-state index is 0.337. The average Bonchev–Trinajstić information content (AvgIpc) is 2.43. The second-order valence-corrected chi connectivity index (χ2v) is 6.34. The average molecular weight is 334 g/mol. The molecule has 1 N–H and O–H groups in total. The van der Waals surface area contributed by atoms with E-state index in [1.165, 1.54) is 51.0 Å². The van der Waals surface area contributed by atoms with Gasteiger partial charge in [-0.1, -0.05) is 75.1 Å². The molecule has 21 heavy (non-hydrogen) atoms. The maximum Gasteiger partial charge on any atom is 0.130 e. The summed E-state index contributed by atoms with van der Waals surface area (Å²) in [5.41, 5.74) is 0.501. The highest BCUT2D eigenvalue weighted by molar-refractivity contribution is 6.35. The predicted octanol–water partition coefficient (Wildman–Crippen LogP) is 6.36. The first-order chi connectivity index (χ1) is 10.1. The molecule has 0 bridgehead atoms. The Hall–Kier alpha value is -0.310. The lowest BCUT2D eigenvalue weighted by Gasteiger charge is -2.08. The van der Waals surface area contributed by atoms with Gasteiger partial charge in [-0.15, -0.1) is 0 Å². The van der Waals surface area contributed by atoms with Crippen LogP contribution in [0.5, 0.6) is 0 Å². The highest BCUT2D eigenvalue weighted by Gasteiger charge is 2.08. The summed E-state index contributed by atoms with van der Waals surface area (Å²) in [5.74, 6) is -0.337. The summed E-state index contributed by atoms with van der Waals surface area (Å²) in [7, 11) is 0. The normalized spacial score (nSPS) is 11.0. The molecule has 0 aromatic heterocycles. The molecule has 0 spiro atoms. The van der Waals surface area contributed by atoms with Gasteiger partial charge in [0.2, 0.25) is 0 Å². The molecule has 0 saturated carbocycles. The lowest BCUT2D eigenvalue weighted by Crippen LogP contribution is -2.16. The second kappa shape index (κ2) is 11.3. The van der Waals surface area contributed by atoms with Crippen molar-refractivity contribution in [2.75, 3.05) is 6.54 Å². The Bertz CT molecular complexity index is 387. The number of unbranched alkanes of at least 4 members (excludes halogenated alkanes) is 7. The molecule has 0 atom stereocenters. The first kappa shape index (κ1) is 18.7. The fourth-order valence-corrected chi connectivity index (χ4v) is 2.87. The Balaban J connectivity index is 2.07. The van der Waals surface area contributed by atoms with E-state index in [4.69, 9.17) is 23.2 Å². The number of rotatable bonds is 11. The van der Waals surface area contributed by atoms with Crippen LogP contribution in [-0.4, -0.2) is 6.54 Å². The van der Waals surface area contributed by atoms with E-state index in [2.05, 4.69) is 12.2 Å². The monoisotopic (exact) mass is 333 g/mol. The molecule has 1 aromatic rings. The van der Waals surface area contributed by atoms with Crippen molar-refractivity contribution in [3.8, 4) is 0 Å². The van der Waals surface area contributed by atoms with E-state index in [0.717, 1.165) is 13.0 Å². The molecule has 0 aliphatic heterocycles. The Labute approximate surface area is 138 Å². The quantitative estimate of drug-likeness (QED) is 0.464. The summed E-state index contributed by atoms with van der Waals surface area (Å²) >= 11 is 11.7. The minimum Gasteiger partial charge on any atom is -0.313 e. The first-order valence-electron chi connectivity index (χ1n) is 7.99. The van der Waals surface area contributed by atoms with E-state index in [1.807, 2.05) is 0 Å². The van der Waals surface area contributed by atoms with E-state index in [-0.39, 0.29) is 5.82 Å². The molecule has 120 valence electrons. The molecule has 1 nitrogen and oxygen atoms in total. The highest BCUT2D eigenvalue weighted by Crippen LogP contribution is 2.24. The SMILES string of the molecule is CCCCCCCCCCNCc1c(F)cc(Cl)cc1Cl. The van der Waals surface area contributed by atoms with Gasteiger partial charge in [0.15, 0.2) is 0 Å². The van der Waals surface area contributed by atoms with Crippen LogP contribution in [0, 0.1) is 5.82 Å². The van der Waals surface area contributed by atoms with E-state index >= 15 is 0 Å². The third-order valence-electron chi connectivity index (χ3n) is 3.61. The fourth-order valence-electron chi connectivity index (χ4n) is 2.34. The molecule has 4 heteroatoms. The Kier molecular flexibility index (Phi) is 10.1. The van der Waals surface area contributed by atoms with Crippen LogP contribution in [0.3, 0.4) is 0 Å². The molecule has 0 saturated heterocycles. The van der Waals surface area contributed by atoms with E-state index < -0.39 is 0 Å². The van der Waals surface area contributed by atoms with Crippen molar-refractivity contribution < 1.29 is 4.39 Å². The minimum atomic E-state index is -0.337. The van der Waals surface area contributed by atoms with Crippen LogP contribution in [0.2, 0.25) is 10.0 Å². The number of hydrogen-bond donors (Lipinski definition) is 1. The zero-order valence-electron chi connectivity index (χ0n) is 12.9. The third kappa shape index (κ3) is 8.04. The Morgan fingerprint density at radius 2 is 1.57 bits per heavy atom. The van der Waals surface area contributed by atoms with Gasteiger partial charge in [0, 0.05) is 22.2 Å². The van der Waals surface area contributed by atoms with Gasteiger partial charge in [-0.25, -0.2) is 4.39 Å². The van der Waals surface area contributed by atoms with Gasteiger partial charge in [-0.05, 0) is 25.1 Å². The number of hydrogen-bond acceptors (Lipinski definition) is 1. The van der Waals surface area contributed by atoms with Crippen molar-refractivity contribution in [3.05, 3.63) is 33.6 Å². The van der Waals surface area contributed by atoms with Crippen LogP contribution < -0.4 is 5.32 Å². The Morgan fingerprint density at radius 1 is 0.952 bits per heavy atom. The van der Waals surface area contributed by atoms with Crippen LogP contribution in [-0.2, 0) is 6.54 Å². The molecule has 1 aromatic carbocycles. The fraction of sp³-hybridized carbons (Fsp3) is 0.647. The number of benzene rings is 1. The maximum atomic E-state index is 13.7. The smallest absolute Gasteiger partial charge is 0.130 e. The number of nitrogens with one attached hydrogen (secondary N) is 1. The second-order valence-electron chi connectivity index (χ2n) is 5.50. The van der Waals surface area contributed by atoms with Gasteiger partial charge in [-0.3, -0.25) is 0 Å². The van der Waals surface area contributed by atoms with Gasteiger partial charge in [0.05, 0.1) is 0 Å². The summed E-state index contributed by atoms with van der Waals surface area (Å²) in [4.78, 5) is 0. The van der Waals surface area contributed by atoms with E-state index in [0.29, 0.717) is 22.2 Å². The predicted molar refractivity (Wildman–Crippen MR) is 90.7 cm³/mol. The van der Waals surface area contributed by atoms with Crippen LogP contribution in [0.25, 0.3) is 0 Å². The largest absolute Gasteiger partial charge is 0.313 e. The Morgan fingerprint density at radius 3 is 2.19 bits per heavy atom. The molecular formula is C17H26Cl2FN. The van der Waals surface area contributed by atoms with E-state index in [9.17, 15) is 4.39 Å². The zero-order valence-corrected chi connectivity index (χ0v) is 14.4. The van der Waals surface area contributed by atoms with Crippen molar-refractivity contribution in [1.82, 2.24) is 5.32 Å². The molecular weight excluding hydrogens is 308 g/mol. The summed E-state index contributed by atoms with van der Waals surface area (Å²) in [5, 5.41) is 3.98. The van der Waals surface area contributed by atoms with Crippen LogP contribution in [0.1, 0.15) is 63.9 Å². The van der Waals surface area contributed by atoms with Gasteiger partial charge in [0.1, 0.15) is 5.82 Å². The molecule has 0 aliphatic rings. The lowest BCUT2D eigenvalue weighted by molar-refractivity contribution is 0.546. The van der Waals surface area contributed by atoms with Crippen molar-refractivity contribution in [2.45, 2.75) is 64.8 Å². The third-order valence-corrected chi connectivity index (χ3v) is 4.17.